The Kier molecular flexibility index (Phi) is 3.34. The summed E-state index contributed by atoms with van der Waals surface area (Å²) in [6.45, 7) is 4.79. The van der Waals surface area contributed by atoms with Crippen LogP contribution in [0.15, 0.2) is 0 Å². The summed E-state index contributed by atoms with van der Waals surface area (Å²) in [4.78, 5) is 25.7. The van der Waals surface area contributed by atoms with Crippen LogP contribution in [0.2, 0.25) is 0 Å². The summed E-state index contributed by atoms with van der Waals surface area (Å²) in [5.41, 5.74) is 2.90. The molecule has 1 aromatic rings. The molecule has 0 aromatic carbocycles. The van der Waals surface area contributed by atoms with Crippen LogP contribution < -0.4 is 4.90 Å². The van der Waals surface area contributed by atoms with Gasteiger partial charge in [-0.05, 0) is 45.2 Å². The Balaban J connectivity index is 1.66. The Morgan fingerprint density at radius 2 is 2.00 bits per heavy atom. The number of anilines is 1. The largest absolute Gasteiger partial charge is 0.481 e. The topological polar surface area (TPSA) is 69.6 Å². The van der Waals surface area contributed by atoms with E-state index in [9.17, 15) is 9.90 Å². The van der Waals surface area contributed by atoms with Crippen molar-refractivity contribution in [2.24, 2.45) is 11.3 Å². The minimum absolute atomic E-state index is 0.157. The molecular weight excluding hydrogens is 292 g/mol. The van der Waals surface area contributed by atoms with Gasteiger partial charge in [0.05, 0.1) is 0 Å². The van der Waals surface area contributed by atoms with E-state index in [1.165, 1.54) is 24.1 Å². The zero-order valence-corrected chi connectivity index (χ0v) is 13.9. The van der Waals surface area contributed by atoms with Gasteiger partial charge in [0.15, 0.2) is 0 Å². The minimum atomic E-state index is -0.677. The monoisotopic (exact) mass is 316 g/mol. The fraction of sp³-hybridized carbons (Fsp3) is 0.706. The van der Waals surface area contributed by atoms with Crippen molar-refractivity contribution in [3.8, 4) is 0 Å². The number of nitrogens with zero attached hydrogens (tertiary/aromatic N) is 4. The van der Waals surface area contributed by atoms with E-state index in [2.05, 4.69) is 16.7 Å². The van der Waals surface area contributed by atoms with Gasteiger partial charge >= 0.3 is 5.97 Å². The Morgan fingerprint density at radius 1 is 1.22 bits per heavy atom. The summed E-state index contributed by atoms with van der Waals surface area (Å²) >= 11 is 0. The first-order chi connectivity index (χ1) is 11.0. The number of fused-ring (bicyclic) bond motifs is 2. The van der Waals surface area contributed by atoms with Crippen LogP contribution in [0, 0.1) is 18.3 Å². The number of rotatable bonds is 2. The van der Waals surface area contributed by atoms with Gasteiger partial charge in [0.2, 0.25) is 5.95 Å². The van der Waals surface area contributed by atoms with Crippen LogP contribution in [-0.2, 0) is 17.6 Å². The Morgan fingerprint density at radius 3 is 2.74 bits per heavy atom. The minimum Gasteiger partial charge on any atom is -0.481 e. The molecule has 0 radical (unpaired) electrons. The summed E-state index contributed by atoms with van der Waals surface area (Å²) in [5.74, 6) is 0.217. The van der Waals surface area contributed by atoms with Crippen LogP contribution in [0.4, 0.5) is 5.95 Å². The summed E-state index contributed by atoms with van der Waals surface area (Å²) < 4.78 is 0. The lowest BCUT2D eigenvalue weighted by Gasteiger charge is -2.25. The molecule has 4 rings (SSSR count). The maximum absolute atomic E-state index is 11.9. The van der Waals surface area contributed by atoms with Crippen molar-refractivity contribution in [2.45, 2.75) is 32.6 Å². The normalized spacial score (nSPS) is 30.3. The van der Waals surface area contributed by atoms with Crippen LogP contribution in [0.5, 0.6) is 0 Å². The number of carbonyl (C=O) groups is 1. The average Bonchev–Trinajstić information content (AvgIpc) is 3.01. The van der Waals surface area contributed by atoms with Crippen molar-refractivity contribution in [3.63, 3.8) is 0 Å². The van der Waals surface area contributed by atoms with E-state index < -0.39 is 11.4 Å². The lowest BCUT2D eigenvalue weighted by molar-refractivity contribution is -0.148. The van der Waals surface area contributed by atoms with Gasteiger partial charge in [-0.2, -0.15) is 0 Å². The van der Waals surface area contributed by atoms with E-state index in [4.69, 9.17) is 9.97 Å². The standard InChI is InChI=1S/C17H24N4O2/c1-11-13-5-3-4-6-14(13)19-16(18-11)21-8-12-7-20(2)9-17(12,10-21)15(22)23/h12H,3-10H2,1-2H3,(H,22,23)/t12-,17-/m1/s1. The molecule has 0 amide bonds. The molecule has 1 N–H and O–H groups in total. The van der Waals surface area contributed by atoms with Crippen LogP contribution in [0.3, 0.4) is 0 Å². The van der Waals surface area contributed by atoms with Gasteiger partial charge in [-0.3, -0.25) is 4.79 Å². The Hall–Kier alpha value is -1.69. The molecule has 2 fully saturated rings. The van der Waals surface area contributed by atoms with Gasteiger partial charge in [-0.15, -0.1) is 0 Å². The number of hydrogen-bond donors (Lipinski definition) is 1. The van der Waals surface area contributed by atoms with Gasteiger partial charge in [0, 0.05) is 43.5 Å². The third kappa shape index (κ3) is 2.23. The highest BCUT2D eigenvalue weighted by Crippen LogP contribution is 2.43. The van der Waals surface area contributed by atoms with Gasteiger partial charge in [0.25, 0.3) is 0 Å². The van der Waals surface area contributed by atoms with E-state index >= 15 is 0 Å². The van der Waals surface area contributed by atoms with E-state index in [0.717, 1.165) is 37.6 Å². The van der Waals surface area contributed by atoms with Gasteiger partial charge in [-0.1, -0.05) is 0 Å². The Bertz CT molecular complexity index is 662. The molecule has 3 aliphatic rings. The first-order valence-corrected chi connectivity index (χ1v) is 8.53. The van der Waals surface area contributed by atoms with Crippen molar-refractivity contribution in [2.75, 3.05) is 38.1 Å². The third-order valence-electron chi connectivity index (χ3n) is 5.87. The molecular formula is C17H24N4O2. The van der Waals surface area contributed by atoms with Crippen LogP contribution >= 0.6 is 0 Å². The summed E-state index contributed by atoms with van der Waals surface area (Å²) in [6, 6.07) is 0. The summed E-state index contributed by atoms with van der Waals surface area (Å²) in [6.07, 6.45) is 4.51. The molecule has 0 unspecified atom stereocenters. The zero-order chi connectivity index (χ0) is 16.2. The molecule has 2 atom stereocenters. The molecule has 124 valence electrons. The van der Waals surface area contributed by atoms with Crippen LogP contribution in [0.1, 0.15) is 29.8 Å². The second-order valence-corrected chi connectivity index (χ2v) is 7.48. The number of likely N-dealkylation sites (tertiary alicyclic amines) is 1. The highest BCUT2D eigenvalue weighted by molar-refractivity contribution is 5.78. The summed E-state index contributed by atoms with van der Waals surface area (Å²) in [5, 5.41) is 9.81. The van der Waals surface area contributed by atoms with E-state index in [-0.39, 0.29) is 5.92 Å². The molecule has 0 spiro atoms. The SMILES string of the molecule is Cc1nc(N2C[C@H]3CN(C)C[C@@]3(C(=O)O)C2)nc2c1CCCC2. The maximum atomic E-state index is 11.9. The fourth-order valence-corrected chi connectivity index (χ4v) is 4.68. The van der Waals surface area contributed by atoms with Crippen molar-refractivity contribution in [1.82, 2.24) is 14.9 Å². The van der Waals surface area contributed by atoms with Crippen molar-refractivity contribution >= 4 is 11.9 Å². The lowest BCUT2D eigenvalue weighted by Crippen LogP contribution is -2.40. The highest BCUT2D eigenvalue weighted by Gasteiger charge is 2.57. The molecule has 1 aromatic heterocycles. The molecule has 1 aliphatic carbocycles. The number of aryl methyl sites for hydroxylation is 2. The maximum Gasteiger partial charge on any atom is 0.313 e. The molecule has 6 heteroatoms. The fourth-order valence-electron chi connectivity index (χ4n) is 4.68. The first kappa shape index (κ1) is 14.9. The lowest BCUT2D eigenvalue weighted by atomic mass is 9.81. The third-order valence-corrected chi connectivity index (χ3v) is 5.87. The predicted molar refractivity (Wildman–Crippen MR) is 86.7 cm³/mol. The number of carboxylic acid groups (broad SMARTS) is 1. The first-order valence-electron chi connectivity index (χ1n) is 8.53. The molecule has 23 heavy (non-hydrogen) atoms. The van der Waals surface area contributed by atoms with Gasteiger partial charge in [0.1, 0.15) is 5.41 Å². The predicted octanol–water partition coefficient (Wildman–Crippen LogP) is 1.12. The summed E-state index contributed by atoms with van der Waals surface area (Å²) in [7, 11) is 2.01. The molecule has 0 saturated carbocycles. The van der Waals surface area contributed by atoms with E-state index in [1.807, 2.05) is 7.05 Å². The number of aromatic nitrogens is 2. The van der Waals surface area contributed by atoms with Gasteiger partial charge in [-0.25, -0.2) is 9.97 Å². The molecule has 0 bridgehead atoms. The van der Waals surface area contributed by atoms with Crippen molar-refractivity contribution < 1.29 is 9.90 Å². The van der Waals surface area contributed by atoms with Crippen LogP contribution in [-0.4, -0.2) is 59.2 Å². The highest BCUT2D eigenvalue weighted by atomic mass is 16.4. The molecule has 2 saturated heterocycles. The second-order valence-electron chi connectivity index (χ2n) is 7.48. The Labute approximate surface area is 136 Å². The molecule has 2 aliphatic heterocycles. The number of aliphatic carboxylic acids is 1. The average molecular weight is 316 g/mol. The molecule has 6 nitrogen and oxygen atoms in total. The van der Waals surface area contributed by atoms with E-state index in [1.54, 1.807) is 0 Å². The number of carboxylic acids is 1. The number of hydrogen-bond acceptors (Lipinski definition) is 5. The quantitative estimate of drug-likeness (QED) is 0.882. The second kappa shape index (κ2) is 5.16. The molecule has 3 heterocycles. The van der Waals surface area contributed by atoms with Crippen molar-refractivity contribution in [1.29, 1.82) is 0 Å². The van der Waals surface area contributed by atoms with Crippen molar-refractivity contribution in [3.05, 3.63) is 17.0 Å². The smallest absolute Gasteiger partial charge is 0.313 e. The zero-order valence-electron chi connectivity index (χ0n) is 13.9. The van der Waals surface area contributed by atoms with Gasteiger partial charge < -0.3 is 14.9 Å². The van der Waals surface area contributed by atoms with Crippen LogP contribution in [0.25, 0.3) is 0 Å². The van der Waals surface area contributed by atoms with E-state index in [0.29, 0.717) is 13.1 Å².